The van der Waals surface area contributed by atoms with Crippen LogP contribution in [0.2, 0.25) is 0 Å². The lowest BCUT2D eigenvalue weighted by molar-refractivity contribution is 0.684. The second-order valence-electron chi connectivity index (χ2n) is 3.32. The third kappa shape index (κ3) is 3.11. The number of aryl methyl sites for hydroxylation is 1. The van der Waals surface area contributed by atoms with Crippen LogP contribution in [0, 0.1) is 6.92 Å². The van der Waals surface area contributed by atoms with Crippen molar-refractivity contribution in [2.24, 2.45) is 0 Å². The van der Waals surface area contributed by atoms with E-state index in [1.807, 2.05) is 17.4 Å². The minimum absolute atomic E-state index is 0.791. The Morgan fingerprint density at radius 1 is 1.27 bits per heavy atom. The molecule has 0 aliphatic heterocycles. The highest BCUT2D eigenvalue weighted by Crippen LogP contribution is 2.14. The van der Waals surface area contributed by atoms with Gasteiger partial charge in [-0.05, 0) is 25.1 Å². The lowest BCUT2D eigenvalue weighted by Gasteiger charge is -2.01. The van der Waals surface area contributed by atoms with Crippen molar-refractivity contribution in [1.29, 1.82) is 0 Å². The van der Waals surface area contributed by atoms with E-state index in [-0.39, 0.29) is 0 Å². The summed E-state index contributed by atoms with van der Waals surface area (Å²) in [7, 11) is 0. The fraction of sp³-hybridized carbons (Fsp3) is 0.273. The molecule has 78 valence electrons. The second kappa shape index (κ2) is 5.00. The van der Waals surface area contributed by atoms with Crippen LogP contribution < -0.4 is 5.32 Å². The van der Waals surface area contributed by atoms with E-state index in [1.54, 1.807) is 12.5 Å². The van der Waals surface area contributed by atoms with Gasteiger partial charge in [0.1, 0.15) is 6.33 Å². The normalized spacial score (nSPS) is 10.5. The minimum Gasteiger partial charge on any atom is -0.306 e. The van der Waals surface area contributed by atoms with Gasteiger partial charge in [-0.3, -0.25) is 0 Å². The fourth-order valence-electron chi connectivity index (χ4n) is 1.32. The molecule has 2 aromatic heterocycles. The number of aromatic nitrogens is 2. The van der Waals surface area contributed by atoms with Crippen molar-refractivity contribution in [3.63, 3.8) is 0 Å². The van der Waals surface area contributed by atoms with Crippen molar-refractivity contribution < 1.29 is 0 Å². The molecule has 2 heterocycles. The first kappa shape index (κ1) is 10.3. The number of hydrogen-bond acceptors (Lipinski definition) is 4. The summed E-state index contributed by atoms with van der Waals surface area (Å²) in [5.74, 6) is 0. The highest BCUT2D eigenvalue weighted by Gasteiger charge is 1.97. The first-order chi connectivity index (χ1) is 7.34. The summed E-state index contributed by atoms with van der Waals surface area (Å²) in [4.78, 5) is 10.7. The van der Waals surface area contributed by atoms with E-state index in [4.69, 9.17) is 0 Å². The van der Waals surface area contributed by atoms with E-state index in [0.29, 0.717) is 0 Å². The maximum atomic E-state index is 4.14. The fourth-order valence-corrected chi connectivity index (χ4v) is 2.18. The molecule has 0 fully saturated rings. The van der Waals surface area contributed by atoms with Crippen LogP contribution in [0.25, 0.3) is 0 Å². The minimum atomic E-state index is 0.791. The maximum Gasteiger partial charge on any atom is 0.115 e. The van der Waals surface area contributed by atoms with Crippen LogP contribution in [0.5, 0.6) is 0 Å². The second-order valence-corrected chi connectivity index (χ2v) is 4.69. The van der Waals surface area contributed by atoms with Crippen molar-refractivity contribution in [1.82, 2.24) is 15.3 Å². The quantitative estimate of drug-likeness (QED) is 0.856. The van der Waals surface area contributed by atoms with Gasteiger partial charge in [0.2, 0.25) is 0 Å². The molecule has 3 nitrogen and oxygen atoms in total. The molecule has 4 heteroatoms. The van der Waals surface area contributed by atoms with E-state index in [9.17, 15) is 0 Å². The third-order valence-corrected chi connectivity index (χ3v) is 3.05. The Balaban J connectivity index is 1.80. The van der Waals surface area contributed by atoms with Gasteiger partial charge in [0.25, 0.3) is 0 Å². The summed E-state index contributed by atoms with van der Waals surface area (Å²) in [5, 5.41) is 3.35. The summed E-state index contributed by atoms with van der Waals surface area (Å²) in [6, 6.07) is 6.23. The van der Waals surface area contributed by atoms with E-state index in [1.165, 1.54) is 9.75 Å². The van der Waals surface area contributed by atoms with Crippen LogP contribution in [0.1, 0.15) is 15.4 Å². The summed E-state index contributed by atoms with van der Waals surface area (Å²) in [6.45, 7) is 3.82. The summed E-state index contributed by atoms with van der Waals surface area (Å²) in [6.07, 6.45) is 3.34. The number of thiophene rings is 1. The monoisotopic (exact) mass is 219 g/mol. The van der Waals surface area contributed by atoms with Gasteiger partial charge in [0.05, 0.1) is 5.69 Å². The Bertz CT molecular complexity index is 411. The molecule has 2 rings (SSSR count). The van der Waals surface area contributed by atoms with Crippen molar-refractivity contribution in [3.05, 3.63) is 46.2 Å². The predicted octanol–water partition coefficient (Wildman–Crippen LogP) is 2.14. The molecule has 0 aliphatic carbocycles. The molecule has 0 aromatic carbocycles. The molecule has 0 bridgehead atoms. The highest BCUT2D eigenvalue weighted by atomic mass is 32.1. The molecular formula is C11H13N3S. The zero-order valence-corrected chi connectivity index (χ0v) is 9.42. The van der Waals surface area contributed by atoms with Gasteiger partial charge < -0.3 is 5.32 Å². The van der Waals surface area contributed by atoms with E-state index >= 15 is 0 Å². The van der Waals surface area contributed by atoms with E-state index in [0.717, 1.165) is 18.8 Å². The highest BCUT2D eigenvalue weighted by molar-refractivity contribution is 7.11. The number of nitrogens with one attached hydrogen (secondary N) is 1. The van der Waals surface area contributed by atoms with Crippen LogP contribution in [0.15, 0.2) is 30.7 Å². The molecule has 0 unspecified atom stereocenters. The lowest BCUT2D eigenvalue weighted by Crippen LogP contribution is -2.12. The SMILES string of the molecule is Cc1ccc(CNCc2ccncn2)s1. The molecule has 15 heavy (non-hydrogen) atoms. The van der Waals surface area contributed by atoms with Crippen LogP contribution in [0.4, 0.5) is 0 Å². The van der Waals surface area contributed by atoms with Crippen LogP contribution in [0.3, 0.4) is 0 Å². The van der Waals surface area contributed by atoms with Gasteiger partial charge in [-0.15, -0.1) is 11.3 Å². The van der Waals surface area contributed by atoms with Gasteiger partial charge in [0.15, 0.2) is 0 Å². The Labute approximate surface area is 93.2 Å². The zero-order chi connectivity index (χ0) is 10.5. The van der Waals surface area contributed by atoms with Crippen molar-refractivity contribution in [3.8, 4) is 0 Å². The van der Waals surface area contributed by atoms with Gasteiger partial charge in [-0.1, -0.05) is 0 Å². The van der Waals surface area contributed by atoms with E-state index < -0.39 is 0 Å². The Morgan fingerprint density at radius 3 is 2.87 bits per heavy atom. The molecule has 0 radical (unpaired) electrons. The van der Waals surface area contributed by atoms with E-state index in [2.05, 4.69) is 34.3 Å². The first-order valence-electron chi connectivity index (χ1n) is 4.85. The number of rotatable bonds is 4. The van der Waals surface area contributed by atoms with Gasteiger partial charge in [-0.25, -0.2) is 9.97 Å². The van der Waals surface area contributed by atoms with Crippen LogP contribution in [-0.4, -0.2) is 9.97 Å². The van der Waals surface area contributed by atoms with Crippen molar-refractivity contribution >= 4 is 11.3 Å². The lowest BCUT2D eigenvalue weighted by atomic mass is 10.4. The molecule has 0 saturated heterocycles. The maximum absolute atomic E-state index is 4.14. The van der Waals surface area contributed by atoms with Gasteiger partial charge >= 0.3 is 0 Å². The third-order valence-electron chi connectivity index (χ3n) is 2.04. The molecule has 1 N–H and O–H groups in total. The summed E-state index contributed by atoms with van der Waals surface area (Å²) < 4.78 is 0. The number of nitrogens with zero attached hydrogens (tertiary/aromatic N) is 2. The molecule has 0 saturated carbocycles. The molecule has 0 amide bonds. The molecule has 2 aromatic rings. The Kier molecular flexibility index (Phi) is 3.42. The molecule has 0 spiro atoms. The summed E-state index contributed by atoms with van der Waals surface area (Å²) in [5.41, 5.74) is 1.03. The van der Waals surface area contributed by atoms with Gasteiger partial charge in [-0.2, -0.15) is 0 Å². The van der Waals surface area contributed by atoms with Crippen LogP contribution >= 0.6 is 11.3 Å². The Morgan fingerprint density at radius 2 is 2.20 bits per heavy atom. The summed E-state index contributed by atoms with van der Waals surface area (Å²) >= 11 is 1.83. The smallest absolute Gasteiger partial charge is 0.115 e. The number of hydrogen-bond donors (Lipinski definition) is 1. The topological polar surface area (TPSA) is 37.8 Å². The van der Waals surface area contributed by atoms with Crippen molar-refractivity contribution in [2.75, 3.05) is 0 Å². The molecule has 0 atom stereocenters. The Hall–Kier alpha value is -1.26. The van der Waals surface area contributed by atoms with Crippen LogP contribution in [-0.2, 0) is 13.1 Å². The predicted molar refractivity (Wildman–Crippen MR) is 61.6 cm³/mol. The standard InChI is InChI=1S/C11H13N3S/c1-9-2-3-11(15-9)7-13-6-10-4-5-12-8-14-10/h2-5,8,13H,6-7H2,1H3. The largest absolute Gasteiger partial charge is 0.306 e. The molecular weight excluding hydrogens is 206 g/mol. The average Bonchev–Trinajstić information content (AvgIpc) is 2.66. The molecule has 0 aliphatic rings. The zero-order valence-electron chi connectivity index (χ0n) is 8.60. The first-order valence-corrected chi connectivity index (χ1v) is 5.67. The van der Waals surface area contributed by atoms with Crippen molar-refractivity contribution in [2.45, 2.75) is 20.0 Å². The average molecular weight is 219 g/mol. The van der Waals surface area contributed by atoms with Gasteiger partial charge in [0, 0.05) is 29.0 Å².